The molecule has 0 aliphatic heterocycles. The van der Waals surface area contributed by atoms with Gasteiger partial charge >= 0.3 is 5.97 Å². The van der Waals surface area contributed by atoms with Crippen molar-refractivity contribution in [3.63, 3.8) is 0 Å². The Morgan fingerprint density at radius 3 is 2.45 bits per heavy atom. The molecule has 12 heteroatoms. The molecule has 0 saturated carbocycles. The van der Waals surface area contributed by atoms with E-state index in [1.807, 2.05) is 11.9 Å². The number of anilines is 3. The molecule has 33 heavy (non-hydrogen) atoms. The second kappa shape index (κ2) is 9.85. The summed E-state index contributed by atoms with van der Waals surface area (Å²) < 4.78 is 0. The standard InChI is InChI=1S/C21H24N8O4/c1-11(30)3-8-15(20(32)33)26-19(31)12-4-6-14(7-5-12)29(2)10-13-9-24-18-16(25-13)17(22)27-21(23)28-18/h4-7,9,15H,3,8,10H2,1-2H3,(H,26,31)(H,32,33)(H4,22,23,24,27,28)/t15-/m0/s1/i3+1,8+1,11+1,15+1,20+1. The lowest BCUT2D eigenvalue weighted by atomic mass is 10.2. The number of amides is 1. The van der Waals surface area contributed by atoms with Gasteiger partial charge in [-0.15, -0.1) is 0 Å². The van der Waals surface area contributed by atoms with Gasteiger partial charge in [0.2, 0.25) is 5.95 Å². The van der Waals surface area contributed by atoms with E-state index >= 15 is 0 Å². The SMILES string of the molecule is C[13C](=O)[13CH2][13CH2][13C@H](NC(=O)c1ccc(N(C)Cc2cnc3nc(N)nc(N)c3n2)cc1)[13C](=O)O. The number of hydrogen-bond acceptors (Lipinski definition) is 10. The van der Waals surface area contributed by atoms with E-state index in [1.165, 1.54) is 6.92 Å². The molecule has 6 N–H and O–H groups in total. The molecule has 0 aliphatic rings. The third kappa shape index (κ3) is 5.87. The molecule has 0 spiro atoms. The summed E-state index contributed by atoms with van der Waals surface area (Å²) in [6.45, 7) is 1.77. The number of rotatable bonds is 9. The van der Waals surface area contributed by atoms with Gasteiger partial charge in [-0.3, -0.25) is 4.79 Å². The number of aromatic nitrogens is 4. The van der Waals surface area contributed by atoms with E-state index in [1.54, 1.807) is 30.5 Å². The first-order chi connectivity index (χ1) is 15.6. The first-order valence-electron chi connectivity index (χ1n) is 10.0. The highest BCUT2D eigenvalue weighted by molar-refractivity contribution is 5.97. The number of nitrogen functional groups attached to an aromatic ring is 2. The Bertz CT molecular complexity index is 1200. The first kappa shape index (κ1) is 23.3. The van der Waals surface area contributed by atoms with Crippen LogP contribution < -0.4 is 21.7 Å². The average Bonchev–Trinajstić information content (AvgIpc) is 2.76. The maximum atomic E-state index is 12.4. The molecule has 3 rings (SSSR count). The second-order valence-corrected chi connectivity index (χ2v) is 7.51. The summed E-state index contributed by atoms with van der Waals surface area (Å²) in [6, 6.07) is 5.50. The van der Waals surface area contributed by atoms with Crippen molar-refractivity contribution < 1.29 is 19.5 Å². The Morgan fingerprint density at radius 1 is 1.12 bits per heavy atom. The number of ketones is 1. The highest BCUT2D eigenvalue weighted by Gasteiger charge is 2.21. The lowest BCUT2D eigenvalue weighted by molar-refractivity contribution is -0.139. The van der Waals surface area contributed by atoms with Crippen molar-refractivity contribution in [1.29, 1.82) is 0 Å². The fourth-order valence-corrected chi connectivity index (χ4v) is 3.11. The van der Waals surface area contributed by atoms with E-state index in [2.05, 4.69) is 25.3 Å². The van der Waals surface area contributed by atoms with Crippen LogP contribution in [0.2, 0.25) is 0 Å². The monoisotopic (exact) mass is 457 g/mol. The van der Waals surface area contributed by atoms with Crippen LogP contribution in [0.15, 0.2) is 30.5 Å². The number of aliphatic carboxylic acids is 1. The van der Waals surface area contributed by atoms with Gasteiger partial charge in [0.15, 0.2) is 17.0 Å². The van der Waals surface area contributed by atoms with Gasteiger partial charge in [0.25, 0.3) is 5.91 Å². The molecular formula is C21H24N8O4. The Labute approximate surface area is 189 Å². The van der Waals surface area contributed by atoms with Gasteiger partial charge < -0.3 is 31.6 Å². The molecule has 0 bridgehead atoms. The number of fused-ring (bicyclic) bond motifs is 1. The van der Waals surface area contributed by atoms with Crippen molar-refractivity contribution in [3.8, 4) is 0 Å². The highest BCUT2D eigenvalue weighted by atomic mass is 16.5. The van der Waals surface area contributed by atoms with Crippen molar-refractivity contribution in [2.24, 2.45) is 0 Å². The molecule has 1 atom stereocenters. The lowest BCUT2D eigenvalue weighted by Gasteiger charge is -2.19. The third-order valence-corrected chi connectivity index (χ3v) is 4.86. The summed E-state index contributed by atoms with van der Waals surface area (Å²) in [7, 11) is 1.84. The summed E-state index contributed by atoms with van der Waals surface area (Å²) in [5.74, 6) is -1.69. The second-order valence-electron chi connectivity index (χ2n) is 7.51. The number of benzene rings is 1. The number of nitrogens with zero attached hydrogens (tertiary/aromatic N) is 5. The fraction of sp³-hybridized carbons (Fsp3) is 0.286. The largest absolute Gasteiger partial charge is 0.480 e. The Balaban J connectivity index is 1.67. The number of carbonyl (C=O) groups excluding carboxylic acids is 2. The molecule has 1 aromatic carbocycles. The number of carboxylic acid groups (broad SMARTS) is 1. The van der Waals surface area contributed by atoms with Gasteiger partial charge in [-0.05, 0) is 37.6 Å². The van der Waals surface area contributed by atoms with E-state index in [0.29, 0.717) is 29.0 Å². The minimum absolute atomic E-state index is 0.0248. The van der Waals surface area contributed by atoms with Crippen molar-refractivity contribution in [2.75, 3.05) is 23.4 Å². The van der Waals surface area contributed by atoms with Gasteiger partial charge in [0.05, 0.1) is 18.4 Å². The molecule has 172 valence electrons. The molecule has 0 unspecified atom stereocenters. The van der Waals surface area contributed by atoms with Gasteiger partial charge in [0, 0.05) is 24.7 Å². The lowest BCUT2D eigenvalue weighted by Crippen LogP contribution is -2.41. The fourth-order valence-electron chi connectivity index (χ4n) is 3.11. The normalized spacial score (nSPS) is 11.7. The van der Waals surface area contributed by atoms with Crippen LogP contribution in [0.25, 0.3) is 11.2 Å². The van der Waals surface area contributed by atoms with Crippen molar-refractivity contribution in [1.82, 2.24) is 25.3 Å². The summed E-state index contributed by atoms with van der Waals surface area (Å²) in [6.07, 6.45) is 1.68. The molecule has 0 radical (unpaired) electrons. The van der Waals surface area contributed by atoms with E-state index in [0.717, 1.165) is 5.69 Å². The number of nitrogens with one attached hydrogen (secondary N) is 1. The van der Waals surface area contributed by atoms with Crippen LogP contribution in [0.4, 0.5) is 17.5 Å². The molecule has 0 saturated heterocycles. The number of Topliss-reactive ketones (excluding diaryl/α,β-unsaturated/α-hetero) is 1. The summed E-state index contributed by atoms with van der Waals surface area (Å²) in [5.41, 5.74) is 13.8. The summed E-state index contributed by atoms with van der Waals surface area (Å²) >= 11 is 0. The van der Waals surface area contributed by atoms with Gasteiger partial charge in [-0.2, -0.15) is 9.97 Å². The van der Waals surface area contributed by atoms with Crippen LogP contribution in [0, 0.1) is 0 Å². The van der Waals surface area contributed by atoms with Gasteiger partial charge in [-0.25, -0.2) is 14.8 Å². The van der Waals surface area contributed by atoms with E-state index in [4.69, 9.17) is 11.5 Å². The quantitative estimate of drug-likeness (QED) is 0.332. The minimum atomic E-state index is -1.19. The van der Waals surface area contributed by atoms with E-state index in [9.17, 15) is 19.5 Å². The Hall–Kier alpha value is -4.35. The summed E-state index contributed by atoms with van der Waals surface area (Å²) in [5, 5.41) is 11.7. The Kier molecular flexibility index (Phi) is 6.96. The predicted octanol–water partition coefficient (Wildman–Crippen LogP) is 0.773. The molecule has 2 heterocycles. The number of carboxylic acids is 1. The van der Waals surface area contributed by atoms with Gasteiger partial charge in [0.1, 0.15) is 11.8 Å². The highest BCUT2D eigenvalue weighted by Crippen LogP contribution is 2.19. The van der Waals surface area contributed by atoms with Crippen LogP contribution in [-0.4, -0.2) is 55.8 Å². The number of hydrogen-bond donors (Lipinski definition) is 4. The number of nitrogens with two attached hydrogens (primary N) is 2. The maximum Gasteiger partial charge on any atom is 0.326 e. The zero-order valence-corrected chi connectivity index (χ0v) is 18.1. The first-order valence-corrected chi connectivity index (χ1v) is 10.0. The zero-order chi connectivity index (χ0) is 24.1. The van der Waals surface area contributed by atoms with Gasteiger partial charge in [-0.1, -0.05) is 0 Å². The molecule has 0 fully saturated rings. The van der Waals surface area contributed by atoms with Crippen molar-refractivity contribution in [2.45, 2.75) is 32.4 Å². The summed E-state index contributed by atoms with van der Waals surface area (Å²) in [4.78, 5) is 53.4. The molecule has 3 aromatic rings. The van der Waals surface area contributed by atoms with E-state index in [-0.39, 0.29) is 30.4 Å². The molecule has 1 amide bonds. The molecular weight excluding hydrogens is 433 g/mol. The number of carbonyl (C=O) groups is 3. The molecule has 2 aromatic heterocycles. The van der Waals surface area contributed by atoms with Crippen molar-refractivity contribution >= 4 is 46.3 Å². The Morgan fingerprint density at radius 2 is 1.82 bits per heavy atom. The average molecular weight is 457 g/mol. The van der Waals surface area contributed by atoms with Crippen LogP contribution in [0.1, 0.15) is 35.8 Å². The molecule has 0 aliphatic carbocycles. The maximum absolute atomic E-state index is 12.4. The van der Waals surface area contributed by atoms with E-state index < -0.39 is 17.9 Å². The van der Waals surface area contributed by atoms with Crippen LogP contribution in [0.3, 0.4) is 0 Å². The van der Waals surface area contributed by atoms with Crippen molar-refractivity contribution in [3.05, 3.63) is 41.7 Å². The van der Waals surface area contributed by atoms with Crippen LogP contribution in [-0.2, 0) is 16.1 Å². The molecule has 12 nitrogen and oxygen atoms in total. The topological polar surface area (TPSA) is 190 Å². The smallest absolute Gasteiger partial charge is 0.326 e. The van der Waals surface area contributed by atoms with Crippen LogP contribution >= 0.6 is 0 Å². The predicted molar refractivity (Wildman–Crippen MR) is 121 cm³/mol. The zero-order valence-electron chi connectivity index (χ0n) is 18.1. The third-order valence-electron chi connectivity index (χ3n) is 4.86. The minimum Gasteiger partial charge on any atom is -0.480 e. The van der Waals surface area contributed by atoms with Crippen LogP contribution in [0.5, 0.6) is 0 Å².